The van der Waals surface area contributed by atoms with Gasteiger partial charge in [-0.25, -0.2) is 4.68 Å². The first kappa shape index (κ1) is 18.5. The molecule has 0 N–H and O–H groups in total. The molecule has 1 aliphatic heterocycles. The van der Waals surface area contributed by atoms with E-state index in [1.807, 2.05) is 85.9 Å². The standard InChI is InChI=1S/C22H26N4O2/c1-15-7-9-18(10-8-15)26-21(12-19(23-26)20-6-5-11-24(20)4)22(27)25-13-16(2)28-17(3)14-25/h5-12,16-17H,13-14H2,1-4H3/t16-,17+. The van der Waals surface area contributed by atoms with E-state index >= 15 is 0 Å². The van der Waals surface area contributed by atoms with Crippen LogP contribution in [-0.4, -0.2) is 50.5 Å². The lowest BCUT2D eigenvalue weighted by Gasteiger charge is -2.35. The highest BCUT2D eigenvalue weighted by Gasteiger charge is 2.29. The van der Waals surface area contributed by atoms with Crippen molar-refractivity contribution < 1.29 is 9.53 Å². The van der Waals surface area contributed by atoms with E-state index in [1.54, 1.807) is 4.68 Å². The maximum atomic E-state index is 13.4. The summed E-state index contributed by atoms with van der Waals surface area (Å²) in [5.41, 5.74) is 4.38. The molecule has 2 atom stereocenters. The average Bonchev–Trinajstić information content (AvgIpc) is 3.27. The molecule has 3 heterocycles. The molecule has 0 bridgehead atoms. The van der Waals surface area contributed by atoms with Crippen molar-refractivity contribution in [2.75, 3.05) is 13.1 Å². The molecule has 146 valence electrons. The summed E-state index contributed by atoms with van der Waals surface area (Å²) in [6.07, 6.45) is 2.03. The number of benzene rings is 1. The van der Waals surface area contributed by atoms with Gasteiger partial charge in [0.2, 0.25) is 0 Å². The van der Waals surface area contributed by atoms with Gasteiger partial charge in [-0.05, 0) is 51.1 Å². The number of ether oxygens (including phenoxy) is 1. The van der Waals surface area contributed by atoms with Gasteiger partial charge in [0.25, 0.3) is 5.91 Å². The molecule has 3 aromatic rings. The molecular formula is C22H26N4O2. The molecule has 0 radical (unpaired) electrons. The van der Waals surface area contributed by atoms with Crippen molar-refractivity contribution in [2.45, 2.75) is 33.0 Å². The Hall–Kier alpha value is -2.86. The fourth-order valence-corrected chi connectivity index (χ4v) is 3.77. The maximum Gasteiger partial charge on any atom is 0.272 e. The van der Waals surface area contributed by atoms with Crippen molar-refractivity contribution in [3.8, 4) is 17.1 Å². The van der Waals surface area contributed by atoms with Crippen LogP contribution in [0.25, 0.3) is 17.1 Å². The molecular weight excluding hydrogens is 352 g/mol. The van der Waals surface area contributed by atoms with Crippen LogP contribution >= 0.6 is 0 Å². The monoisotopic (exact) mass is 378 g/mol. The fourth-order valence-electron chi connectivity index (χ4n) is 3.77. The van der Waals surface area contributed by atoms with E-state index in [4.69, 9.17) is 9.84 Å². The minimum atomic E-state index is -0.0180. The Morgan fingerprint density at radius 2 is 1.79 bits per heavy atom. The van der Waals surface area contributed by atoms with Crippen LogP contribution in [0.4, 0.5) is 0 Å². The highest BCUT2D eigenvalue weighted by molar-refractivity contribution is 5.94. The third kappa shape index (κ3) is 3.47. The molecule has 1 aliphatic rings. The van der Waals surface area contributed by atoms with Gasteiger partial charge in [-0.15, -0.1) is 0 Å². The normalized spacial score (nSPS) is 19.8. The predicted molar refractivity (Wildman–Crippen MR) is 109 cm³/mol. The Bertz CT molecular complexity index is 976. The Morgan fingerprint density at radius 3 is 2.39 bits per heavy atom. The van der Waals surface area contributed by atoms with Crippen LogP contribution in [0, 0.1) is 6.92 Å². The molecule has 2 aromatic heterocycles. The number of rotatable bonds is 3. The van der Waals surface area contributed by atoms with Crippen LogP contribution in [0.2, 0.25) is 0 Å². The molecule has 1 amide bonds. The van der Waals surface area contributed by atoms with Gasteiger partial charge < -0.3 is 14.2 Å². The maximum absolute atomic E-state index is 13.4. The van der Waals surface area contributed by atoms with Crippen molar-refractivity contribution in [2.24, 2.45) is 7.05 Å². The topological polar surface area (TPSA) is 52.3 Å². The third-order valence-electron chi connectivity index (χ3n) is 5.12. The van der Waals surface area contributed by atoms with E-state index in [2.05, 4.69) is 0 Å². The number of hydrogen-bond acceptors (Lipinski definition) is 3. The van der Waals surface area contributed by atoms with Crippen LogP contribution in [0.3, 0.4) is 0 Å². The Balaban J connectivity index is 1.78. The Morgan fingerprint density at radius 1 is 1.11 bits per heavy atom. The first-order valence-corrected chi connectivity index (χ1v) is 9.66. The third-order valence-corrected chi connectivity index (χ3v) is 5.12. The highest BCUT2D eigenvalue weighted by atomic mass is 16.5. The Kier molecular flexibility index (Phi) is 4.81. The molecule has 0 aliphatic carbocycles. The van der Waals surface area contributed by atoms with E-state index in [0.717, 1.165) is 17.1 Å². The van der Waals surface area contributed by atoms with E-state index in [0.29, 0.717) is 18.8 Å². The molecule has 1 fully saturated rings. The number of carbonyl (C=O) groups excluding carboxylic acids is 1. The van der Waals surface area contributed by atoms with Crippen LogP contribution in [0.5, 0.6) is 0 Å². The van der Waals surface area contributed by atoms with Crippen molar-refractivity contribution in [3.63, 3.8) is 0 Å². The van der Waals surface area contributed by atoms with Crippen molar-refractivity contribution in [1.82, 2.24) is 19.2 Å². The number of aryl methyl sites for hydroxylation is 2. The molecule has 1 aromatic carbocycles. The number of aromatic nitrogens is 3. The lowest BCUT2D eigenvalue weighted by Crippen LogP contribution is -2.48. The second kappa shape index (κ2) is 7.28. The second-order valence-electron chi connectivity index (χ2n) is 7.63. The minimum Gasteiger partial charge on any atom is -0.372 e. The zero-order chi connectivity index (χ0) is 19.8. The van der Waals surface area contributed by atoms with Crippen molar-refractivity contribution >= 4 is 5.91 Å². The zero-order valence-electron chi connectivity index (χ0n) is 16.8. The first-order valence-electron chi connectivity index (χ1n) is 9.66. The molecule has 1 saturated heterocycles. The van der Waals surface area contributed by atoms with Crippen LogP contribution in [0.1, 0.15) is 29.9 Å². The van der Waals surface area contributed by atoms with Crippen LogP contribution in [0.15, 0.2) is 48.7 Å². The summed E-state index contributed by atoms with van der Waals surface area (Å²) in [6.45, 7) is 7.22. The molecule has 6 heteroatoms. The second-order valence-corrected chi connectivity index (χ2v) is 7.63. The summed E-state index contributed by atoms with van der Waals surface area (Å²) in [7, 11) is 1.98. The van der Waals surface area contributed by atoms with Crippen LogP contribution < -0.4 is 0 Å². The molecule has 0 saturated carbocycles. The Labute approximate surface area is 165 Å². The molecule has 6 nitrogen and oxygen atoms in total. The predicted octanol–water partition coefficient (Wildman–Crippen LogP) is 3.44. The SMILES string of the molecule is Cc1ccc(-n2nc(-c3cccn3C)cc2C(=O)N2C[C@@H](C)O[C@@H](C)C2)cc1. The highest BCUT2D eigenvalue weighted by Crippen LogP contribution is 2.24. The van der Waals surface area contributed by atoms with E-state index in [9.17, 15) is 4.79 Å². The quantitative estimate of drug-likeness (QED) is 0.702. The number of carbonyl (C=O) groups is 1. The van der Waals surface area contributed by atoms with E-state index < -0.39 is 0 Å². The number of hydrogen-bond donors (Lipinski definition) is 0. The van der Waals surface area contributed by atoms with Gasteiger partial charge in [-0.1, -0.05) is 17.7 Å². The van der Waals surface area contributed by atoms with Gasteiger partial charge in [-0.2, -0.15) is 5.10 Å². The lowest BCUT2D eigenvalue weighted by atomic mass is 10.2. The summed E-state index contributed by atoms with van der Waals surface area (Å²) in [6, 6.07) is 13.9. The van der Waals surface area contributed by atoms with Gasteiger partial charge in [0, 0.05) is 26.3 Å². The van der Waals surface area contributed by atoms with Gasteiger partial charge in [0.05, 0.1) is 23.6 Å². The smallest absolute Gasteiger partial charge is 0.272 e. The molecule has 0 unspecified atom stereocenters. The number of nitrogens with zero attached hydrogens (tertiary/aromatic N) is 4. The summed E-state index contributed by atoms with van der Waals surface area (Å²) in [5.74, 6) is -0.0180. The number of amides is 1. The van der Waals surface area contributed by atoms with Crippen LogP contribution in [-0.2, 0) is 11.8 Å². The molecule has 4 rings (SSSR count). The summed E-state index contributed by atoms with van der Waals surface area (Å²) in [5, 5.41) is 4.78. The van der Waals surface area contributed by atoms with Crippen molar-refractivity contribution in [3.05, 3.63) is 59.9 Å². The minimum absolute atomic E-state index is 0.0180. The summed E-state index contributed by atoms with van der Waals surface area (Å²) < 4.78 is 9.56. The number of morpholine rings is 1. The van der Waals surface area contributed by atoms with Gasteiger partial charge in [0.1, 0.15) is 11.4 Å². The largest absolute Gasteiger partial charge is 0.372 e. The lowest BCUT2D eigenvalue weighted by molar-refractivity contribution is -0.0588. The zero-order valence-corrected chi connectivity index (χ0v) is 16.8. The van der Waals surface area contributed by atoms with E-state index in [-0.39, 0.29) is 18.1 Å². The average molecular weight is 378 g/mol. The van der Waals surface area contributed by atoms with E-state index in [1.165, 1.54) is 5.56 Å². The van der Waals surface area contributed by atoms with Gasteiger partial charge in [-0.3, -0.25) is 4.79 Å². The summed E-state index contributed by atoms with van der Waals surface area (Å²) >= 11 is 0. The molecule has 28 heavy (non-hydrogen) atoms. The fraction of sp³-hybridized carbons (Fsp3) is 0.364. The first-order chi connectivity index (χ1) is 13.4. The van der Waals surface area contributed by atoms with Gasteiger partial charge in [0.15, 0.2) is 0 Å². The molecule has 0 spiro atoms. The van der Waals surface area contributed by atoms with Crippen molar-refractivity contribution in [1.29, 1.82) is 0 Å². The van der Waals surface area contributed by atoms with Gasteiger partial charge >= 0.3 is 0 Å². The summed E-state index contributed by atoms with van der Waals surface area (Å²) in [4.78, 5) is 15.3.